The highest BCUT2D eigenvalue weighted by atomic mass is 32.1. The van der Waals surface area contributed by atoms with Crippen molar-refractivity contribution in [3.8, 4) is 0 Å². The third-order valence-corrected chi connectivity index (χ3v) is 5.34. The second-order valence-corrected chi connectivity index (χ2v) is 7.51. The van der Waals surface area contributed by atoms with Crippen LogP contribution in [0.4, 0.5) is 5.82 Å². The fourth-order valence-corrected chi connectivity index (χ4v) is 4.00. The molecule has 2 heterocycles. The van der Waals surface area contributed by atoms with Crippen LogP contribution in [0.25, 0.3) is 21.0 Å². The minimum Gasteiger partial charge on any atom is -0.369 e. The van der Waals surface area contributed by atoms with Gasteiger partial charge in [-0.05, 0) is 35.7 Å². The SMILES string of the molecule is CCc1nc(NCCc2ccc3ccccc3c2)c2cc(C)sc2n1. The van der Waals surface area contributed by atoms with E-state index in [9.17, 15) is 0 Å². The van der Waals surface area contributed by atoms with Crippen LogP contribution in [0.2, 0.25) is 0 Å². The van der Waals surface area contributed by atoms with Gasteiger partial charge in [-0.15, -0.1) is 11.3 Å². The molecule has 0 aliphatic carbocycles. The molecule has 0 fully saturated rings. The van der Waals surface area contributed by atoms with E-state index in [2.05, 4.69) is 72.7 Å². The van der Waals surface area contributed by atoms with E-state index in [4.69, 9.17) is 4.98 Å². The van der Waals surface area contributed by atoms with E-state index in [1.807, 2.05) is 0 Å². The molecule has 4 heteroatoms. The summed E-state index contributed by atoms with van der Waals surface area (Å²) in [5, 5.41) is 7.25. The molecular formula is C21H21N3S. The minimum absolute atomic E-state index is 0.853. The molecule has 4 rings (SSSR count). The summed E-state index contributed by atoms with van der Waals surface area (Å²) >= 11 is 1.74. The number of nitrogens with zero attached hydrogens (tertiary/aromatic N) is 2. The Kier molecular flexibility index (Phi) is 4.36. The molecule has 1 N–H and O–H groups in total. The second kappa shape index (κ2) is 6.81. The predicted octanol–water partition coefficient (Wildman–Crippen LogP) is 5.37. The molecule has 0 spiro atoms. The van der Waals surface area contributed by atoms with Crippen LogP contribution in [0.15, 0.2) is 48.5 Å². The monoisotopic (exact) mass is 347 g/mol. The number of hydrogen-bond acceptors (Lipinski definition) is 4. The van der Waals surface area contributed by atoms with E-state index < -0.39 is 0 Å². The molecule has 25 heavy (non-hydrogen) atoms. The lowest BCUT2D eigenvalue weighted by atomic mass is 10.1. The first-order valence-electron chi connectivity index (χ1n) is 8.71. The van der Waals surface area contributed by atoms with Crippen LogP contribution in [-0.2, 0) is 12.8 Å². The van der Waals surface area contributed by atoms with Gasteiger partial charge in [0.05, 0.1) is 5.39 Å². The maximum absolute atomic E-state index is 4.70. The first-order chi connectivity index (χ1) is 12.2. The van der Waals surface area contributed by atoms with Crippen molar-refractivity contribution in [3.05, 3.63) is 64.8 Å². The van der Waals surface area contributed by atoms with Gasteiger partial charge in [0.15, 0.2) is 0 Å². The van der Waals surface area contributed by atoms with Crippen molar-refractivity contribution >= 4 is 38.1 Å². The van der Waals surface area contributed by atoms with Crippen LogP contribution in [-0.4, -0.2) is 16.5 Å². The van der Waals surface area contributed by atoms with Crippen molar-refractivity contribution < 1.29 is 0 Å². The summed E-state index contributed by atoms with van der Waals surface area (Å²) in [5.41, 5.74) is 1.34. The van der Waals surface area contributed by atoms with Gasteiger partial charge in [-0.2, -0.15) is 0 Å². The van der Waals surface area contributed by atoms with Crippen molar-refractivity contribution in [1.82, 2.24) is 9.97 Å². The normalized spacial score (nSPS) is 11.3. The molecule has 3 nitrogen and oxygen atoms in total. The lowest BCUT2D eigenvalue weighted by Crippen LogP contribution is -2.08. The van der Waals surface area contributed by atoms with Gasteiger partial charge in [-0.25, -0.2) is 9.97 Å². The second-order valence-electron chi connectivity index (χ2n) is 6.28. The fourth-order valence-electron chi connectivity index (χ4n) is 3.10. The highest BCUT2D eigenvalue weighted by Gasteiger charge is 2.09. The Balaban J connectivity index is 1.53. The van der Waals surface area contributed by atoms with Crippen LogP contribution in [0.3, 0.4) is 0 Å². The first kappa shape index (κ1) is 16.0. The van der Waals surface area contributed by atoms with Gasteiger partial charge in [0.25, 0.3) is 0 Å². The molecule has 0 saturated carbocycles. The molecule has 0 radical (unpaired) electrons. The van der Waals surface area contributed by atoms with E-state index in [1.165, 1.54) is 21.2 Å². The van der Waals surface area contributed by atoms with Crippen molar-refractivity contribution in [2.75, 3.05) is 11.9 Å². The summed E-state index contributed by atoms with van der Waals surface area (Å²) in [6.45, 7) is 5.08. The van der Waals surface area contributed by atoms with Gasteiger partial charge < -0.3 is 5.32 Å². The average molecular weight is 347 g/mol. The molecule has 0 bridgehead atoms. The summed E-state index contributed by atoms with van der Waals surface area (Å²) in [4.78, 5) is 11.7. The number of thiophene rings is 1. The van der Waals surface area contributed by atoms with E-state index in [0.717, 1.165) is 41.2 Å². The predicted molar refractivity (Wildman–Crippen MR) is 108 cm³/mol. The largest absolute Gasteiger partial charge is 0.369 e. The number of hydrogen-bond donors (Lipinski definition) is 1. The Morgan fingerprint density at radius 1 is 1.00 bits per heavy atom. The van der Waals surface area contributed by atoms with Crippen LogP contribution in [0, 0.1) is 6.92 Å². The Morgan fingerprint density at radius 2 is 1.84 bits per heavy atom. The molecule has 2 aromatic heterocycles. The number of benzene rings is 2. The summed E-state index contributed by atoms with van der Waals surface area (Å²) < 4.78 is 0. The zero-order valence-electron chi connectivity index (χ0n) is 14.5. The Morgan fingerprint density at radius 3 is 2.68 bits per heavy atom. The van der Waals surface area contributed by atoms with Gasteiger partial charge in [0.2, 0.25) is 0 Å². The van der Waals surface area contributed by atoms with Gasteiger partial charge in [-0.1, -0.05) is 49.4 Å². The van der Waals surface area contributed by atoms with Gasteiger partial charge in [0, 0.05) is 17.8 Å². The number of aromatic nitrogens is 2. The summed E-state index contributed by atoms with van der Waals surface area (Å²) in [6, 6.07) is 17.4. The zero-order valence-corrected chi connectivity index (χ0v) is 15.4. The maximum Gasteiger partial charge on any atom is 0.138 e. The lowest BCUT2D eigenvalue weighted by molar-refractivity contribution is 0.947. The molecular weight excluding hydrogens is 326 g/mol. The summed E-state index contributed by atoms with van der Waals surface area (Å²) in [5.74, 6) is 1.87. The molecule has 0 saturated heterocycles. The first-order valence-corrected chi connectivity index (χ1v) is 9.53. The molecule has 0 atom stereocenters. The van der Waals surface area contributed by atoms with Crippen molar-refractivity contribution in [3.63, 3.8) is 0 Å². The number of fused-ring (bicyclic) bond motifs is 2. The van der Waals surface area contributed by atoms with Crippen molar-refractivity contribution in [1.29, 1.82) is 0 Å². The fraction of sp³-hybridized carbons (Fsp3) is 0.238. The van der Waals surface area contributed by atoms with Crippen LogP contribution in [0.5, 0.6) is 0 Å². The number of anilines is 1. The van der Waals surface area contributed by atoms with Crippen molar-refractivity contribution in [2.45, 2.75) is 26.7 Å². The third-order valence-electron chi connectivity index (χ3n) is 4.40. The Hall–Kier alpha value is -2.46. The third kappa shape index (κ3) is 3.35. The molecule has 0 amide bonds. The smallest absolute Gasteiger partial charge is 0.138 e. The standard InChI is InChI=1S/C21H21N3S/c1-3-19-23-20(18-12-14(2)25-21(18)24-19)22-11-10-15-8-9-16-6-4-5-7-17(16)13-15/h4-9,12-13H,3,10-11H2,1-2H3,(H,22,23,24). The topological polar surface area (TPSA) is 37.8 Å². The van der Waals surface area contributed by atoms with E-state index in [-0.39, 0.29) is 0 Å². The minimum atomic E-state index is 0.853. The molecule has 0 aliphatic heterocycles. The van der Waals surface area contributed by atoms with E-state index >= 15 is 0 Å². The zero-order chi connectivity index (χ0) is 17.2. The van der Waals surface area contributed by atoms with Crippen molar-refractivity contribution in [2.24, 2.45) is 0 Å². The molecule has 4 aromatic rings. The molecule has 126 valence electrons. The van der Waals surface area contributed by atoms with Gasteiger partial charge in [-0.3, -0.25) is 0 Å². The lowest BCUT2D eigenvalue weighted by Gasteiger charge is -2.09. The average Bonchev–Trinajstić information content (AvgIpc) is 3.01. The van der Waals surface area contributed by atoms with Crippen LogP contribution in [0.1, 0.15) is 23.2 Å². The van der Waals surface area contributed by atoms with Gasteiger partial charge in [0.1, 0.15) is 16.5 Å². The molecule has 2 aromatic carbocycles. The Labute approximate surface area is 151 Å². The Bertz CT molecular complexity index is 1040. The molecule has 0 unspecified atom stereocenters. The molecule has 0 aliphatic rings. The quantitative estimate of drug-likeness (QED) is 0.527. The number of rotatable bonds is 5. The summed E-state index contributed by atoms with van der Waals surface area (Å²) in [7, 11) is 0. The van der Waals surface area contributed by atoms with E-state index in [1.54, 1.807) is 11.3 Å². The van der Waals surface area contributed by atoms with Crippen LogP contribution >= 0.6 is 11.3 Å². The highest BCUT2D eigenvalue weighted by Crippen LogP contribution is 2.28. The highest BCUT2D eigenvalue weighted by molar-refractivity contribution is 7.18. The summed E-state index contributed by atoms with van der Waals surface area (Å²) in [6.07, 6.45) is 1.83. The van der Waals surface area contributed by atoms with Crippen LogP contribution < -0.4 is 5.32 Å². The van der Waals surface area contributed by atoms with Gasteiger partial charge >= 0.3 is 0 Å². The number of nitrogens with one attached hydrogen (secondary N) is 1. The van der Waals surface area contributed by atoms with E-state index in [0.29, 0.717) is 0 Å². The maximum atomic E-state index is 4.70. The number of aryl methyl sites for hydroxylation is 2.